The first kappa shape index (κ1) is 19.1. The molecule has 0 aliphatic carbocycles. The second-order valence-corrected chi connectivity index (χ2v) is 7.34. The molecule has 6 heteroatoms. The number of amides is 1. The average molecular weight is 390 g/mol. The van der Waals surface area contributed by atoms with Gasteiger partial charge >= 0.3 is 0 Å². The predicted octanol–water partition coefficient (Wildman–Crippen LogP) is 3.29. The van der Waals surface area contributed by atoms with Crippen LogP contribution in [0.3, 0.4) is 0 Å². The number of likely N-dealkylation sites (N-methyl/N-ethyl adjacent to an activating group) is 2. The highest BCUT2D eigenvalue weighted by molar-refractivity contribution is 5.93. The standard InChI is InChI=1S/C23H26N4O2/c1-3-26-17-20(29-22-12-8-7-11-21(22)26)16-25(2)23(28)19-13-24-27(15-19)14-18-9-5-4-6-10-18/h4-13,15,20H,3,14,16-17H2,1-2H3/t20-/m0/s1. The molecule has 0 unspecified atom stereocenters. The van der Waals surface area contributed by atoms with Gasteiger partial charge < -0.3 is 14.5 Å². The summed E-state index contributed by atoms with van der Waals surface area (Å²) in [5.41, 5.74) is 2.85. The van der Waals surface area contributed by atoms with Crippen LogP contribution in [0, 0.1) is 0 Å². The number of benzene rings is 2. The van der Waals surface area contributed by atoms with Crippen LogP contribution in [0.25, 0.3) is 0 Å². The smallest absolute Gasteiger partial charge is 0.256 e. The molecule has 2 aromatic carbocycles. The third kappa shape index (κ3) is 4.26. The maximum Gasteiger partial charge on any atom is 0.256 e. The fourth-order valence-electron chi connectivity index (χ4n) is 3.71. The number of rotatable bonds is 6. The van der Waals surface area contributed by atoms with E-state index in [4.69, 9.17) is 4.74 Å². The van der Waals surface area contributed by atoms with Crippen molar-refractivity contribution in [1.29, 1.82) is 0 Å². The van der Waals surface area contributed by atoms with Crippen molar-refractivity contribution in [3.8, 4) is 5.75 Å². The van der Waals surface area contributed by atoms with Crippen LogP contribution in [-0.4, -0.2) is 53.4 Å². The summed E-state index contributed by atoms with van der Waals surface area (Å²) >= 11 is 0. The van der Waals surface area contributed by atoms with Gasteiger partial charge in [-0.25, -0.2) is 0 Å². The summed E-state index contributed by atoms with van der Waals surface area (Å²) < 4.78 is 7.94. The summed E-state index contributed by atoms with van der Waals surface area (Å²) in [7, 11) is 1.82. The fraction of sp³-hybridized carbons (Fsp3) is 0.304. The van der Waals surface area contributed by atoms with E-state index in [0.29, 0.717) is 18.7 Å². The molecule has 29 heavy (non-hydrogen) atoms. The first-order chi connectivity index (χ1) is 14.1. The molecule has 4 rings (SSSR count). The Morgan fingerprint density at radius 2 is 1.93 bits per heavy atom. The number of ether oxygens (including phenoxy) is 1. The number of carbonyl (C=O) groups excluding carboxylic acids is 1. The van der Waals surface area contributed by atoms with Crippen LogP contribution in [0.4, 0.5) is 5.69 Å². The second kappa shape index (κ2) is 8.39. The van der Waals surface area contributed by atoms with Gasteiger partial charge in [0, 0.05) is 19.8 Å². The van der Waals surface area contributed by atoms with Crippen LogP contribution in [0.15, 0.2) is 67.0 Å². The molecule has 1 amide bonds. The van der Waals surface area contributed by atoms with E-state index in [2.05, 4.69) is 23.0 Å². The van der Waals surface area contributed by atoms with Crippen molar-refractivity contribution >= 4 is 11.6 Å². The molecule has 1 aliphatic heterocycles. The molecule has 150 valence electrons. The van der Waals surface area contributed by atoms with Gasteiger partial charge in [-0.2, -0.15) is 5.10 Å². The van der Waals surface area contributed by atoms with Gasteiger partial charge in [-0.3, -0.25) is 9.48 Å². The molecule has 0 saturated carbocycles. The Hall–Kier alpha value is -3.28. The zero-order chi connectivity index (χ0) is 20.2. The van der Waals surface area contributed by atoms with Crippen molar-refractivity contribution in [2.45, 2.75) is 19.6 Å². The fourth-order valence-corrected chi connectivity index (χ4v) is 3.71. The van der Waals surface area contributed by atoms with Gasteiger partial charge in [-0.1, -0.05) is 42.5 Å². The molecule has 0 saturated heterocycles. The highest BCUT2D eigenvalue weighted by Crippen LogP contribution is 2.32. The van der Waals surface area contributed by atoms with Crippen molar-refractivity contribution in [1.82, 2.24) is 14.7 Å². The van der Waals surface area contributed by atoms with E-state index in [-0.39, 0.29) is 12.0 Å². The van der Waals surface area contributed by atoms with Crippen LogP contribution >= 0.6 is 0 Å². The molecule has 1 aliphatic rings. The Morgan fingerprint density at radius 1 is 1.17 bits per heavy atom. The van der Waals surface area contributed by atoms with Gasteiger partial charge in [0.1, 0.15) is 11.9 Å². The van der Waals surface area contributed by atoms with E-state index in [0.717, 1.165) is 30.1 Å². The second-order valence-electron chi connectivity index (χ2n) is 7.34. The number of para-hydroxylation sites is 2. The summed E-state index contributed by atoms with van der Waals surface area (Å²) in [6.45, 7) is 4.97. The normalized spacial score (nSPS) is 15.5. The summed E-state index contributed by atoms with van der Waals surface area (Å²) in [6.07, 6.45) is 3.37. The lowest BCUT2D eigenvalue weighted by Gasteiger charge is -2.37. The van der Waals surface area contributed by atoms with Crippen molar-refractivity contribution in [3.05, 3.63) is 78.1 Å². The van der Waals surface area contributed by atoms with Gasteiger partial charge in [0.15, 0.2) is 0 Å². The van der Waals surface area contributed by atoms with Crippen LogP contribution < -0.4 is 9.64 Å². The van der Waals surface area contributed by atoms with E-state index in [1.807, 2.05) is 55.6 Å². The Balaban J connectivity index is 1.40. The lowest BCUT2D eigenvalue weighted by atomic mass is 10.1. The van der Waals surface area contributed by atoms with Crippen molar-refractivity contribution < 1.29 is 9.53 Å². The number of fused-ring (bicyclic) bond motifs is 1. The molecule has 0 bridgehead atoms. The summed E-state index contributed by atoms with van der Waals surface area (Å²) in [5, 5.41) is 4.35. The Labute approximate surface area is 171 Å². The summed E-state index contributed by atoms with van der Waals surface area (Å²) in [4.78, 5) is 16.9. The number of anilines is 1. The first-order valence-electron chi connectivity index (χ1n) is 9.96. The molecule has 1 atom stereocenters. The topological polar surface area (TPSA) is 50.6 Å². The van der Waals surface area contributed by atoms with Crippen molar-refractivity contribution in [2.75, 3.05) is 31.6 Å². The number of nitrogens with zero attached hydrogens (tertiary/aromatic N) is 4. The van der Waals surface area contributed by atoms with E-state index >= 15 is 0 Å². The molecular weight excluding hydrogens is 364 g/mol. The number of carbonyl (C=O) groups is 1. The molecule has 0 N–H and O–H groups in total. The lowest BCUT2D eigenvalue weighted by molar-refractivity contribution is 0.0709. The summed E-state index contributed by atoms with van der Waals surface area (Å²) in [6, 6.07) is 18.1. The number of aromatic nitrogens is 2. The third-order valence-electron chi connectivity index (χ3n) is 5.20. The molecule has 1 aromatic heterocycles. The van der Waals surface area contributed by atoms with Crippen LogP contribution in [0.5, 0.6) is 5.75 Å². The lowest BCUT2D eigenvalue weighted by Crippen LogP contribution is -2.46. The van der Waals surface area contributed by atoms with Crippen LogP contribution in [0.1, 0.15) is 22.8 Å². The first-order valence-corrected chi connectivity index (χ1v) is 9.96. The van der Waals surface area contributed by atoms with E-state index in [1.165, 1.54) is 0 Å². The highest BCUT2D eigenvalue weighted by Gasteiger charge is 2.27. The largest absolute Gasteiger partial charge is 0.485 e. The van der Waals surface area contributed by atoms with Crippen molar-refractivity contribution in [2.24, 2.45) is 0 Å². The Kier molecular flexibility index (Phi) is 5.51. The molecular formula is C23H26N4O2. The molecule has 6 nitrogen and oxygen atoms in total. The monoisotopic (exact) mass is 390 g/mol. The zero-order valence-corrected chi connectivity index (χ0v) is 16.9. The Bertz CT molecular complexity index is 970. The molecule has 0 spiro atoms. The zero-order valence-electron chi connectivity index (χ0n) is 16.9. The minimum Gasteiger partial charge on any atom is -0.485 e. The number of hydrogen-bond acceptors (Lipinski definition) is 4. The Morgan fingerprint density at radius 3 is 2.72 bits per heavy atom. The minimum atomic E-state index is -0.0711. The predicted molar refractivity (Wildman–Crippen MR) is 113 cm³/mol. The average Bonchev–Trinajstić information content (AvgIpc) is 3.21. The summed E-state index contributed by atoms with van der Waals surface area (Å²) in [5.74, 6) is 0.831. The van der Waals surface area contributed by atoms with Gasteiger partial charge in [-0.05, 0) is 24.6 Å². The van der Waals surface area contributed by atoms with Crippen LogP contribution in [0.2, 0.25) is 0 Å². The SMILES string of the molecule is CCN1C[C@H](CN(C)C(=O)c2cnn(Cc3ccccc3)c2)Oc2ccccc21. The molecule has 3 aromatic rings. The maximum absolute atomic E-state index is 12.9. The van der Waals surface area contributed by atoms with E-state index in [9.17, 15) is 4.79 Å². The highest BCUT2D eigenvalue weighted by atomic mass is 16.5. The van der Waals surface area contributed by atoms with Crippen LogP contribution in [-0.2, 0) is 6.54 Å². The maximum atomic E-state index is 12.9. The third-order valence-corrected chi connectivity index (χ3v) is 5.20. The van der Waals surface area contributed by atoms with Crippen molar-refractivity contribution in [3.63, 3.8) is 0 Å². The molecule has 0 fully saturated rings. The van der Waals surface area contributed by atoms with E-state index < -0.39 is 0 Å². The van der Waals surface area contributed by atoms with E-state index in [1.54, 1.807) is 22.0 Å². The van der Waals surface area contributed by atoms with Gasteiger partial charge in [0.05, 0.1) is 37.1 Å². The van der Waals surface area contributed by atoms with Gasteiger partial charge in [-0.15, -0.1) is 0 Å². The quantitative estimate of drug-likeness (QED) is 0.648. The van der Waals surface area contributed by atoms with Gasteiger partial charge in [0.2, 0.25) is 0 Å². The molecule has 2 heterocycles. The van der Waals surface area contributed by atoms with Gasteiger partial charge in [0.25, 0.3) is 5.91 Å². The minimum absolute atomic E-state index is 0.0465. The number of hydrogen-bond donors (Lipinski definition) is 0. The molecule has 0 radical (unpaired) electrons.